The first-order valence-electron chi connectivity index (χ1n) is 10.2. The third-order valence-corrected chi connectivity index (χ3v) is 5.25. The monoisotopic (exact) mass is 516 g/mol. The number of halogens is 1. The van der Waals surface area contributed by atoms with Crippen molar-refractivity contribution in [1.82, 2.24) is 15.5 Å². The maximum atomic E-state index is 11.5. The Morgan fingerprint density at radius 2 is 1.83 bits per heavy atom. The van der Waals surface area contributed by atoms with Crippen molar-refractivity contribution in [3.05, 3.63) is 29.8 Å². The summed E-state index contributed by atoms with van der Waals surface area (Å²) < 4.78 is 5.85. The number of hydrogen-bond donors (Lipinski definition) is 2. The van der Waals surface area contributed by atoms with Crippen LogP contribution >= 0.6 is 24.0 Å². The number of amides is 1. The van der Waals surface area contributed by atoms with E-state index in [0.717, 1.165) is 37.6 Å². The molecule has 29 heavy (non-hydrogen) atoms. The molecular formula is C22H37IN4O2. The van der Waals surface area contributed by atoms with Crippen molar-refractivity contribution in [2.45, 2.75) is 45.4 Å². The molecule has 1 amide bonds. The van der Waals surface area contributed by atoms with Crippen LogP contribution in [0.2, 0.25) is 0 Å². The summed E-state index contributed by atoms with van der Waals surface area (Å²) in [6, 6.07) is 8.33. The van der Waals surface area contributed by atoms with E-state index >= 15 is 0 Å². The molecule has 0 saturated carbocycles. The average molecular weight is 516 g/mol. The molecule has 1 saturated heterocycles. The van der Waals surface area contributed by atoms with Crippen molar-refractivity contribution in [2.75, 3.05) is 40.3 Å². The van der Waals surface area contributed by atoms with E-state index in [0.29, 0.717) is 25.5 Å². The number of nitrogens with zero attached hydrogens (tertiary/aromatic N) is 2. The summed E-state index contributed by atoms with van der Waals surface area (Å²) >= 11 is 0. The van der Waals surface area contributed by atoms with E-state index in [1.165, 1.54) is 5.56 Å². The number of aliphatic imine (C=N–C) groups is 1. The predicted molar refractivity (Wildman–Crippen MR) is 130 cm³/mol. The fourth-order valence-corrected chi connectivity index (χ4v) is 3.43. The predicted octanol–water partition coefficient (Wildman–Crippen LogP) is 3.40. The van der Waals surface area contributed by atoms with Gasteiger partial charge in [-0.3, -0.25) is 9.79 Å². The summed E-state index contributed by atoms with van der Waals surface area (Å²) in [4.78, 5) is 18.2. The molecule has 6 nitrogen and oxygen atoms in total. The summed E-state index contributed by atoms with van der Waals surface area (Å²) in [6.07, 6.45) is 2.66. The molecule has 1 fully saturated rings. The van der Waals surface area contributed by atoms with Gasteiger partial charge in [0.15, 0.2) is 5.96 Å². The first-order valence-corrected chi connectivity index (χ1v) is 10.2. The number of benzene rings is 1. The van der Waals surface area contributed by atoms with E-state index in [2.05, 4.69) is 53.4 Å². The number of piperidine rings is 1. The average Bonchev–Trinajstić information content (AvgIpc) is 2.68. The first kappa shape index (κ1) is 25.5. The van der Waals surface area contributed by atoms with Crippen molar-refractivity contribution in [2.24, 2.45) is 10.9 Å². The molecule has 7 heteroatoms. The van der Waals surface area contributed by atoms with E-state index in [1.807, 2.05) is 19.2 Å². The largest absolute Gasteiger partial charge is 0.492 e. The van der Waals surface area contributed by atoms with Crippen molar-refractivity contribution in [1.29, 1.82) is 0 Å². The van der Waals surface area contributed by atoms with Gasteiger partial charge in [-0.25, -0.2) is 0 Å². The zero-order chi connectivity index (χ0) is 20.6. The third kappa shape index (κ3) is 8.40. The van der Waals surface area contributed by atoms with Crippen LogP contribution in [-0.2, 0) is 10.2 Å². The van der Waals surface area contributed by atoms with Crippen LogP contribution in [0.15, 0.2) is 29.3 Å². The van der Waals surface area contributed by atoms with Gasteiger partial charge in [0.1, 0.15) is 12.4 Å². The maximum absolute atomic E-state index is 11.5. The number of rotatable bonds is 6. The molecule has 1 aliphatic rings. The summed E-state index contributed by atoms with van der Waals surface area (Å²) in [6.45, 7) is 9.76. The molecule has 0 spiro atoms. The fourth-order valence-electron chi connectivity index (χ4n) is 3.43. The second-order valence-electron chi connectivity index (χ2n) is 8.40. The quantitative estimate of drug-likeness (QED) is 0.263. The van der Waals surface area contributed by atoms with Crippen LogP contribution in [0, 0.1) is 5.92 Å². The molecule has 2 rings (SSSR count). The van der Waals surface area contributed by atoms with Gasteiger partial charge in [0.2, 0.25) is 5.91 Å². The van der Waals surface area contributed by atoms with Crippen LogP contribution in [0.4, 0.5) is 0 Å². The van der Waals surface area contributed by atoms with Crippen LogP contribution in [0.1, 0.15) is 45.6 Å². The lowest BCUT2D eigenvalue weighted by atomic mass is 9.87. The number of likely N-dealkylation sites (tertiary alicyclic amines) is 1. The molecule has 1 aromatic rings. The van der Waals surface area contributed by atoms with Gasteiger partial charge in [0.25, 0.3) is 0 Å². The minimum Gasteiger partial charge on any atom is -0.492 e. The highest BCUT2D eigenvalue weighted by molar-refractivity contribution is 14.0. The summed E-state index contributed by atoms with van der Waals surface area (Å²) in [7, 11) is 3.51. The lowest BCUT2D eigenvalue weighted by molar-refractivity contribution is -0.121. The molecule has 0 unspecified atom stereocenters. The molecule has 0 aromatic heterocycles. The van der Waals surface area contributed by atoms with Crippen molar-refractivity contribution in [3.8, 4) is 5.75 Å². The van der Waals surface area contributed by atoms with Crippen LogP contribution in [0.5, 0.6) is 5.75 Å². The lowest BCUT2D eigenvalue weighted by Gasteiger charge is -2.34. The van der Waals surface area contributed by atoms with Crippen LogP contribution in [0.3, 0.4) is 0 Å². The lowest BCUT2D eigenvalue weighted by Crippen LogP contribution is -2.46. The molecule has 0 radical (unpaired) electrons. The Morgan fingerprint density at radius 3 is 2.34 bits per heavy atom. The van der Waals surface area contributed by atoms with Gasteiger partial charge < -0.3 is 20.3 Å². The van der Waals surface area contributed by atoms with Gasteiger partial charge in [-0.1, -0.05) is 32.9 Å². The van der Waals surface area contributed by atoms with Crippen LogP contribution < -0.4 is 15.4 Å². The van der Waals surface area contributed by atoms with E-state index in [-0.39, 0.29) is 35.3 Å². The van der Waals surface area contributed by atoms with Gasteiger partial charge in [0, 0.05) is 33.6 Å². The highest BCUT2D eigenvalue weighted by Crippen LogP contribution is 2.24. The molecule has 1 aromatic carbocycles. The van der Waals surface area contributed by atoms with Crippen molar-refractivity contribution in [3.63, 3.8) is 0 Å². The Morgan fingerprint density at radius 1 is 1.21 bits per heavy atom. The number of guanidine groups is 1. The molecule has 164 valence electrons. The highest BCUT2D eigenvalue weighted by atomic mass is 127. The minimum absolute atomic E-state index is 0. The highest BCUT2D eigenvalue weighted by Gasteiger charge is 2.23. The third-order valence-electron chi connectivity index (χ3n) is 5.25. The Kier molecular flexibility index (Phi) is 10.8. The molecule has 0 bridgehead atoms. The van der Waals surface area contributed by atoms with E-state index in [9.17, 15) is 4.79 Å². The zero-order valence-corrected chi connectivity index (χ0v) is 20.8. The van der Waals surface area contributed by atoms with Gasteiger partial charge >= 0.3 is 0 Å². The first-order chi connectivity index (χ1) is 13.3. The Balaban J connectivity index is 0.00000420. The van der Waals surface area contributed by atoms with Crippen molar-refractivity contribution < 1.29 is 9.53 Å². The SMILES string of the molecule is CN=C(NCCOc1ccc(C(C)(C)C)cc1)N1CCC(CC(=O)NC)CC1.I. The molecule has 1 aliphatic heterocycles. The number of hydrogen-bond acceptors (Lipinski definition) is 3. The van der Waals surface area contributed by atoms with Gasteiger partial charge in [0.05, 0.1) is 6.54 Å². The topological polar surface area (TPSA) is 66.0 Å². The standard InChI is InChI=1S/C22H36N4O2.HI/c1-22(2,3)18-6-8-19(9-7-18)28-15-12-25-21(24-5)26-13-10-17(11-14-26)16-20(27)23-4;/h6-9,17H,10-16H2,1-5H3,(H,23,27)(H,24,25);1H. The van der Waals surface area contributed by atoms with Crippen LogP contribution in [-0.4, -0.2) is 57.1 Å². The normalized spacial score (nSPS) is 15.5. The van der Waals surface area contributed by atoms with E-state index < -0.39 is 0 Å². The molecular weight excluding hydrogens is 479 g/mol. The molecule has 0 atom stereocenters. The summed E-state index contributed by atoms with van der Waals surface area (Å²) in [5.41, 5.74) is 1.46. The zero-order valence-electron chi connectivity index (χ0n) is 18.5. The van der Waals surface area contributed by atoms with Gasteiger partial charge in [-0.2, -0.15) is 0 Å². The second kappa shape index (κ2) is 12.2. The Bertz CT molecular complexity index is 648. The van der Waals surface area contributed by atoms with Gasteiger partial charge in [-0.15, -0.1) is 24.0 Å². The van der Waals surface area contributed by atoms with Crippen molar-refractivity contribution >= 4 is 35.8 Å². The Labute approximate surface area is 192 Å². The number of carbonyl (C=O) groups excluding carboxylic acids is 1. The number of carbonyl (C=O) groups is 1. The number of nitrogens with one attached hydrogen (secondary N) is 2. The van der Waals surface area contributed by atoms with Crippen LogP contribution in [0.25, 0.3) is 0 Å². The summed E-state index contributed by atoms with van der Waals surface area (Å²) in [5, 5.41) is 6.10. The van der Waals surface area contributed by atoms with Gasteiger partial charge in [-0.05, 0) is 41.9 Å². The molecule has 1 heterocycles. The smallest absolute Gasteiger partial charge is 0.220 e. The minimum atomic E-state index is 0. The van der Waals surface area contributed by atoms with E-state index in [4.69, 9.17) is 4.74 Å². The molecule has 0 aliphatic carbocycles. The molecule has 2 N–H and O–H groups in total. The second-order valence-corrected chi connectivity index (χ2v) is 8.40. The number of ether oxygens (including phenoxy) is 1. The summed E-state index contributed by atoms with van der Waals surface area (Å²) in [5.74, 6) is 2.40. The fraction of sp³-hybridized carbons (Fsp3) is 0.636. The Hall–Kier alpha value is -1.51. The van der Waals surface area contributed by atoms with E-state index in [1.54, 1.807) is 7.05 Å². The maximum Gasteiger partial charge on any atom is 0.220 e.